The number of ether oxygens (including phenoxy) is 1. The Hall–Kier alpha value is -2.00. The van der Waals surface area contributed by atoms with Crippen molar-refractivity contribution in [3.8, 4) is 5.75 Å². The molecule has 2 heterocycles. The van der Waals surface area contributed by atoms with Gasteiger partial charge < -0.3 is 14.2 Å². The fourth-order valence-electron chi connectivity index (χ4n) is 4.03. The van der Waals surface area contributed by atoms with Crippen molar-refractivity contribution in [1.29, 1.82) is 0 Å². The van der Waals surface area contributed by atoms with Crippen LogP contribution in [0.25, 0.3) is 21.8 Å². The minimum atomic E-state index is 0.721. The summed E-state index contributed by atoms with van der Waals surface area (Å²) >= 11 is 0. The maximum atomic E-state index is 5.46. The van der Waals surface area contributed by atoms with E-state index in [9.17, 15) is 0 Å². The zero-order chi connectivity index (χ0) is 15.8. The van der Waals surface area contributed by atoms with Gasteiger partial charge in [-0.3, -0.25) is 0 Å². The zero-order valence-electron chi connectivity index (χ0n) is 14.0. The fourth-order valence-corrected chi connectivity index (χ4v) is 4.03. The van der Waals surface area contributed by atoms with Crippen molar-refractivity contribution in [3.63, 3.8) is 0 Å². The Bertz CT molecular complexity index is 836. The number of aromatic nitrogens is 1. The second-order valence-electron chi connectivity index (χ2n) is 6.78. The van der Waals surface area contributed by atoms with Gasteiger partial charge in [-0.2, -0.15) is 0 Å². The van der Waals surface area contributed by atoms with Crippen molar-refractivity contribution < 1.29 is 4.74 Å². The number of methoxy groups -OCH3 is 1. The first-order valence-electron chi connectivity index (χ1n) is 8.50. The first-order valence-corrected chi connectivity index (χ1v) is 8.50. The van der Waals surface area contributed by atoms with Crippen LogP contribution in [0, 0.1) is 5.92 Å². The lowest BCUT2D eigenvalue weighted by Gasteiger charge is -2.30. The van der Waals surface area contributed by atoms with Crippen LogP contribution >= 0.6 is 0 Å². The second-order valence-corrected chi connectivity index (χ2v) is 6.78. The van der Waals surface area contributed by atoms with Crippen LogP contribution in [0.1, 0.15) is 12.8 Å². The summed E-state index contributed by atoms with van der Waals surface area (Å²) in [6, 6.07) is 15.2. The number of likely N-dealkylation sites (tertiary alicyclic amines) is 1. The van der Waals surface area contributed by atoms with Crippen molar-refractivity contribution in [2.45, 2.75) is 19.4 Å². The predicted molar refractivity (Wildman–Crippen MR) is 96.2 cm³/mol. The maximum Gasteiger partial charge on any atom is 0.120 e. The van der Waals surface area contributed by atoms with Gasteiger partial charge in [-0.05, 0) is 50.6 Å². The van der Waals surface area contributed by atoms with E-state index in [-0.39, 0.29) is 0 Å². The van der Waals surface area contributed by atoms with Crippen LogP contribution in [0.4, 0.5) is 0 Å². The molecule has 1 aliphatic rings. The summed E-state index contributed by atoms with van der Waals surface area (Å²) < 4.78 is 7.96. The molecule has 0 radical (unpaired) electrons. The van der Waals surface area contributed by atoms with Crippen LogP contribution in [-0.4, -0.2) is 36.7 Å². The Labute approximate surface area is 137 Å². The Morgan fingerprint density at radius 1 is 1.09 bits per heavy atom. The molecule has 4 rings (SSSR count). The summed E-state index contributed by atoms with van der Waals surface area (Å²) in [6.07, 6.45) is 2.63. The lowest BCUT2D eigenvalue weighted by Crippen LogP contribution is -2.34. The van der Waals surface area contributed by atoms with Gasteiger partial charge in [-0.1, -0.05) is 18.2 Å². The van der Waals surface area contributed by atoms with E-state index in [1.54, 1.807) is 7.11 Å². The number of benzene rings is 2. The van der Waals surface area contributed by atoms with E-state index in [1.807, 2.05) is 0 Å². The molecule has 0 N–H and O–H groups in total. The summed E-state index contributed by atoms with van der Waals surface area (Å²) in [6.45, 7) is 3.51. The quantitative estimate of drug-likeness (QED) is 0.723. The topological polar surface area (TPSA) is 17.4 Å². The molecular weight excluding hydrogens is 284 g/mol. The summed E-state index contributed by atoms with van der Waals surface area (Å²) in [5, 5.41) is 2.67. The molecule has 0 saturated carbocycles. The highest BCUT2D eigenvalue weighted by Crippen LogP contribution is 2.33. The first-order chi connectivity index (χ1) is 11.3. The van der Waals surface area contributed by atoms with Gasteiger partial charge in [0.25, 0.3) is 0 Å². The summed E-state index contributed by atoms with van der Waals surface area (Å²) in [5.74, 6) is 1.65. The van der Waals surface area contributed by atoms with E-state index < -0.39 is 0 Å². The molecule has 0 amide bonds. The number of nitrogens with zero attached hydrogens (tertiary/aromatic N) is 2. The molecule has 1 atom stereocenters. The number of para-hydroxylation sites is 1. The summed E-state index contributed by atoms with van der Waals surface area (Å²) in [4.78, 5) is 2.46. The number of hydrogen-bond acceptors (Lipinski definition) is 2. The minimum Gasteiger partial charge on any atom is -0.497 e. The third-order valence-corrected chi connectivity index (χ3v) is 5.14. The molecule has 1 fully saturated rings. The van der Waals surface area contributed by atoms with E-state index in [0.29, 0.717) is 0 Å². The maximum absolute atomic E-state index is 5.46. The van der Waals surface area contributed by atoms with E-state index in [0.717, 1.165) is 18.2 Å². The van der Waals surface area contributed by atoms with Gasteiger partial charge in [0.15, 0.2) is 0 Å². The molecule has 3 heteroatoms. The molecule has 1 aromatic heterocycles. The largest absolute Gasteiger partial charge is 0.497 e. The number of hydrogen-bond donors (Lipinski definition) is 0. The predicted octanol–water partition coefficient (Wildman–Crippen LogP) is 4.14. The lowest BCUT2D eigenvalue weighted by atomic mass is 9.98. The van der Waals surface area contributed by atoms with E-state index in [1.165, 1.54) is 47.7 Å². The van der Waals surface area contributed by atoms with Crippen molar-refractivity contribution >= 4 is 21.8 Å². The lowest BCUT2D eigenvalue weighted by molar-refractivity contribution is 0.197. The molecule has 1 unspecified atom stereocenters. The van der Waals surface area contributed by atoms with Gasteiger partial charge in [-0.15, -0.1) is 0 Å². The standard InChI is InChI=1S/C20H24N2O/c1-21-11-5-6-15(13-21)14-22-19-8-4-3-7-17(19)18-10-9-16(23-2)12-20(18)22/h3-4,7-10,12,15H,5-6,11,13-14H2,1-2H3. The van der Waals surface area contributed by atoms with Crippen LogP contribution in [0.2, 0.25) is 0 Å². The average molecular weight is 308 g/mol. The number of fused-ring (bicyclic) bond motifs is 3. The minimum absolute atomic E-state index is 0.721. The Morgan fingerprint density at radius 3 is 2.74 bits per heavy atom. The van der Waals surface area contributed by atoms with Crippen LogP contribution in [0.3, 0.4) is 0 Å². The molecular formula is C20H24N2O. The van der Waals surface area contributed by atoms with Gasteiger partial charge in [-0.25, -0.2) is 0 Å². The summed E-state index contributed by atoms with van der Waals surface area (Å²) in [5.41, 5.74) is 2.63. The molecule has 0 spiro atoms. The smallest absolute Gasteiger partial charge is 0.120 e. The molecule has 3 aromatic rings. The van der Waals surface area contributed by atoms with Gasteiger partial charge in [0, 0.05) is 35.4 Å². The van der Waals surface area contributed by atoms with E-state index >= 15 is 0 Å². The number of piperidine rings is 1. The van der Waals surface area contributed by atoms with Gasteiger partial charge in [0.05, 0.1) is 12.6 Å². The molecule has 23 heavy (non-hydrogen) atoms. The fraction of sp³-hybridized carbons (Fsp3) is 0.400. The highest BCUT2D eigenvalue weighted by Gasteiger charge is 2.20. The van der Waals surface area contributed by atoms with Crippen LogP contribution in [-0.2, 0) is 6.54 Å². The molecule has 0 aliphatic carbocycles. The second kappa shape index (κ2) is 5.89. The Balaban J connectivity index is 1.84. The normalized spacial score (nSPS) is 19.5. The molecule has 1 saturated heterocycles. The van der Waals surface area contributed by atoms with Gasteiger partial charge >= 0.3 is 0 Å². The number of rotatable bonds is 3. The van der Waals surface area contributed by atoms with E-state index in [2.05, 4.69) is 59.0 Å². The third kappa shape index (κ3) is 2.59. The molecule has 3 nitrogen and oxygen atoms in total. The molecule has 2 aromatic carbocycles. The monoisotopic (exact) mass is 308 g/mol. The van der Waals surface area contributed by atoms with Gasteiger partial charge in [0.1, 0.15) is 5.75 Å². The Kier molecular flexibility index (Phi) is 3.74. The van der Waals surface area contributed by atoms with E-state index in [4.69, 9.17) is 4.74 Å². The van der Waals surface area contributed by atoms with Crippen molar-refractivity contribution in [3.05, 3.63) is 42.5 Å². The average Bonchev–Trinajstić information content (AvgIpc) is 2.89. The highest BCUT2D eigenvalue weighted by atomic mass is 16.5. The van der Waals surface area contributed by atoms with Gasteiger partial charge in [0.2, 0.25) is 0 Å². The summed E-state index contributed by atoms with van der Waals surface area (Å²) in [7, 11) is 3.98. The third-order valence-electron chi connectivity index (χ3n) is 5.14. The van der Waals surface area contributed by atoms with Crippen molar-refractivity contribution in [1.82, 2.24) is 9.47 Å². The zero-order valence-corrected chi connectivity index (χ0v) is 14.0. The van der Waals surface area contributed by atoms with Crippen molar-refractivity contribution in [2.24, 2.45) is 5.92 Å². The highest BCUT2D eigenvalue weighted by molar-refractivity contribution is 6.08. The molecule has 1 aliphatic heterocycles. The van der Waals surface area contributed by atoms with Crippen molar-refractivity contribution in [2.75, 3.05) is 27.2 Å². The SMILES string of the molecule is COc1ccc2c3ccccc3n(CC3CCCN(C)C3)c2c1. The van der Waals surface area contributed by atoms with Crippen LogP contribution in [0.15, 0.2) is 42.5 Å². The molecule has 0 bridgehead atoms. The first kappa shape index (κ1) is 14.6. The van der Waals surface area contributed by atoms with Crippen LogP contribution in [0.5, 0.6) is 5.75 Å². The Morgan fingerprint density at radius 2 is 1.91 bits per heavy atom. The molecule has 120 valence electrons. The van der Waals surface area contributed by atoms with Crippen LogP contribution < -0.4 is 4.74 Å².